The van der Waals surface area contributed by atoms with Crippen molar-refractivity contribution in [3.05, 3.63) is 71.2 Å². The average Bonchev–Trinajstić information content (AvgIpc) is 3.09. The van der Waals surface area contributed by atoms with E-state index in [4.69, 9.17) is 9.47 Å². The van der Waals surface area contributed by atoms with Gasteiger partial charge in [-0.3, -0.25) is 10.1 Å². The van der Waals surface area contributed by atoms with Crippen LogP contribution in [0.25, 0.3) is 0 Å². The molecule has 3 rings (SSSR count). The van der Waals surface area contributed by atoms with Crippen LogP contribution < -0.4 is 14.8 Å². The number of carbonyl (C=O) groups excluding carboxylic acids is 1. The molecule has 0 spiro atoms. The summed E-state index contributed by atoms with van der Waals surface area (Å²) in [5.41, 5.74) is 1.22. The lowest BCUT2D eigenvalue weighted by atomic mass is 10.1. The van der Waals surface area contributed by atoms with E-state index < -0.39 is 0 Å². The van der Waals surface area contributed by atoms with E-state index in [2.05, 4.69) is 22.4 Å². The van der Waals surface area contributed by atoms with Gasteiger partial charge in [0.1, 0.15) is 11.5 Å². The van der Waals surface area contributed by atoms with Crippen molar-refractivity contribution in [3.8, 4) is 11.5 Å². The molecule has 0 aliphatic heterocycles. The maximum atomic E-state index is 12.0. The molecule has 0 aliphatic rings. The molecule has 0 unspecified atom stereocenters. The third-order valence-corrected chi connectivity index (χ3v) is 4.44. The molecule has 3 aromatic rings. The summed E-state index contributed by atoms with van der Waals surface area (Å²) in [6, 6.07) is 17.3. The van der Waals surface area contributed by atoms with Crippen molar-refractivity contribution >= 4 is 22.4 Å². The highest BCUT2D eigenvalue weighted by Crippen LogP contribution is 2.21. The zero-order valence-corrected chi connectivity index (χ0v) is 15.3. The number of amides is 1. The van der Waals surface area contributed by atoms with Gasteiger partial charge in [0.15, 0.2) is 11.7 Å². The highest BCUT2D eigenvalue weighted by molar-refractivity contribution is 7.15. The number of rotatable bonds is 8. The van der Waals surface area contributed by atoms with Gasteiger partial charge in [-0.25, -0.2) is 4.98 Å². The minimum atomic E-state index is -0.237. The van der Waals surface area contributed by atoms with E-state index in [1.54, 1.807) is 18.3 Å². The topological polar surface area (TPSA) is 60.5 Å². The molecule has 0 saturated carbocycles. The molecule has 0 fully saturated rings. The first-order valence-electron chi connectivity index (χ1n) is 8.37. The Morgan fingerprint density at radius 3 is 2.42 bits per heavy atom. The minimum Gasteiger partial charge on any atom is -0.494 e. The largest absolute Gasteiger partial charge is 0.494 e. The van der Waals surface area contributed by atoms with Crippen LogP contribution in [0.2, 0.25) is 0 Å². The summed E-state index contributed by atoms with van der Waals surface area (Å²) in [5, 5.41) is 3.35. The lowest BCUT2D eigenvalue weighted by Gasteiger charge is -2.07. The third kappa shape index (κ3) is 5.32. The van der Waals surface area contributed by atoms with Crippen LogP contribution in [0.1, 0.15) is 17.4 Å². The second-order valence-electron chi connectivity index (χ2n) is 5.54. The van der Waals surface area contributed by atoms with Gasteiger partial charge in [-0.05, 0) is 36.8 Å². The van der Waals surface area contributed by atoms with Gasteiger partial charge in [-0.15, -0.1) is 11.3 Å². The smallest absolute Gasteiger partial charge is 0.264 e. The van der Waals surface area contributed by atoms with Crippen molar-refractivity contribution < 1.29 is 14.3 Å². The molecule has 0 radical (unpaired) electrons. The number of hydrogen-bond donors (Lipinski definition) is 1. The Hall–Kier alpha value is -2.86. The molecule has 0 aliphatic carbocycles. The predicted octanol–water partition coefficient (Wildman–Crippen LogP) is 4.15. The van der Waals surface area contributed by atoms with Gasteiger partial charge in [-0.2, -0.15) is 0 Å². The van der Waals surface area contributed by atoms with Gasteiger partial charge in [0.2, 0.25) is 0 Å². The van der Waals surface area contributed by atoms with Crippen molar-refractivity contribution in [1.29, 1.82) is 0 Å². The highest BCUT2D eigenvalue weighted by Gasteiger charge is 2.08. The molecule has 26 heavy (non-hydrogen) atoms. The van der Waals surface area contributed by atoms with Crippen molar-refractivity contribution in [1.82, 2.24) is 4.98 Å². The van der Waals surface area contributed by atoms with E-state index in [1.807, 2.05) is 37.3 Å². The molecule has 2 aromatic carbocycles. The van der Waals surface area contributed by atoms with Crippen LogP contribution >= 0.6 is 11.3 Å². The van der Waals surface area contributed by atoms with E-state index in [0.29, 0.717) is 17.5 Å². The van der Waals surface area contributed by atoms with Crippen LogP contribution in [0.4, 0.5) is 5.13 Å². The monoisotopic (exact) mass is 368 g/mol. The second kappa shape index (κ2) is 9.01. The van der Waals surface area contributed by atoms with Gasteiger partial charge < -0.3 is 9.47 Å². The van der Waals surface area contributed by atoms with Crippen molar-refractivity contribution in [2.45, 2.75) is 13.3 Å². The summed E-state index contributed by atoms with van der Waals surface area (Å²) < 4.78 is 10.9. The van der Waals surface area contributed by atoms with Crippen LogP contribution in [0.15, 0.2) is 60.8 Å². The zero-order chi connectivity index (χ0) is 18.2. The van der Waals surface area contributed by atoms with Crippen molar-refractivity contribution in [2.75, 3.05) is 18.5 Å². The first-order valence-corrected chi connectivity index (χ1v) is 9.18. The lowest BCUT2D eigenvalue weighted by Crippen LogP contribution is -2.19. The number of hydrogen-bond acceptors (Lipinski definition) is 5. The molecule has 1 amide bonds. The predicted molar refractivity (Wildman–Crippen MR) is 103 cm³/mol. The number of carbonyl (C=O) groups is 1. The first kappa shape index (κ1) is 17.9. The van der Waals surface area contributed by atoms with Gasteiger partial charge in [0.05, 0.1) is 6.61 Å². The molecule has 0 saturated heterocycles. The quantitative estimate of drug-likeness (QED) is 0.649. The summed E-state index contributed by atoms with van der Waals surface area (Å²) >= 11 is 1.47. The Bertz CT molecular complexity index is 832. The maximum absolute atomic E-state index is 12.0. The molecule has 0 bridgehead atoms. The summed E-state index contributed by atoms with van der Waals surface area (Å²) in [5.74, 6) is 1.16. The second-order valence-corrected chi connectivity index (χ2v) is 6.65. The fourth-order valence-corrected chi connectivity index (χ4v) is 3.21. The summed E-state index contributed by atoms with van der Waals surface area (Å²) in [4.78, 5) is 17.4. The van der Waals surface area contributed by atoms with Crippen LogP contribution in [0, 0.1) is 0 Å². The molecular formula is C20H20N2O3S. The fourth-order valence-electron chi connectivity index (χ4n) is 2.35. The van der Waals surface area contributed by atoms with Crippen LogP contribution in [0.5, 0.6) is 11.5 Å². The standard InChI is InChI=1S/C20H20N2O3S/c1-2-24-16-8-10-17(11-9-16)25-14-19(23)22-20-21-13-18(26-20)12-15-6-4-3-5-7-15/h3-11,13H,2,12,14H2,1H3,(H,21,22,23). The zero-order valence-electron chi connectivity index (χ0n) is 14.5. The summed E-state index contributed by atoms with van der Waals surface area (Å²) in [6.07, 6.45) is 2.59. The molecular weight excluding hydrogens is 348 g/mol. The highest BCUT2D eigenvalue weighted by atomic mass is 32.1. The van der Waals surface area contributed by atoms with E-state index >= 15 is 0 Å². The Labute approximate surface area is 156 Å². The number of benzene rings is 2. The van der Waals surface area contributed by atoms with Crippen LogP contribution in [0.3, 0.4) is 0 Å². The molecule has 5 nitrogen and oxygen atoms in total. The molecule has 1 heterocycles. The van der Waals surface area contributed by atoms with Gasteiger partial charge in [0.25, 0.3) is 5.91 Å². The van der Waals surface area contributed by atoms with E-state index in [-0.39, 0.29) is 12.5 Å². The van der Waals surface area contributed by atoms with E-state index in [9.17, 15) is 4.79 Å². The minimum absolute atomic E-state index is 0.0679. The number of thiazole rings is 1. The Balaban J connectivity index is 1.47. The molecule has 0 atom stereocenters. The average molecular weight is 368 g/mol. The number of nitrogens with zero attached hydrogens (tertiary/aromatic N) is 1. The Morgan fingerprint density at radius 2 is 1.73 bits per heavy atom. The van der Waals surface area contributed by atoms with Gasteiger partial charge in [-0.1, -0.05) is 30.3 Å². The van der Waals surface area contributed by atoms with E-state index in [1.165, 1.54) is 16.9 Å². The SMILES string of the molecule is CCOc1ccc(OCC(=O)Nc2ncc(Cc3ccccc3)s2)cc1. The van der Waals surface area contributed by atoms with E-state index in [0.717, 1.165) is 17.0 Å². The number of nitrogens with one attached hydrogen (secondary N) is 1. The van der Waals surface area contributed by atoms with Crippen LogP contribution in [-0.4, -0.2) is 24.1 Å². The first-order chi connectivity index (χ1) is 12.7. The van der Waals surface area contributed by atoms with Crippen LogP contribution in [-0.2, 0) is 11.2 Å². The summed E-state index contributed by atoms with van der Waals surface area (Å²) in [7, 11) is 0. The fraction of sp³-hybridized carbons (Fsp3) is 0.200. The van der Waals surface area contributed by atoms with Crippen molar-refractivity contribution in [2.24, 2.45) is 0 Å². The molecule has 6 heteroatoms. The molecule has 134 valence electrons. The summed E-state index contributed by atoms with van der Waals surface area (Å²) in [6.45, 7) is 2.48. The molecule has 1 N–H and O–H groups in total. The Kier molecular flexibility index (Phi) is 6.22. The molecule has 1 aromatic heterocycles. The van der Waals surface area contributed by atoms with Gasteiger partial charge in [0, 0.05) is 17.5 Å². The third-order valence-electron chi connectivity index (χ3n) is 3.53. The van der Waals surface area contributed by atoms with Crippen molar-refractivity contribution in [3.63, 3.8) is 0 Å². The maximum Gasteiger partial charge on any atom is 0.264 e. The Morgan fingerprint density at radius 1 is 1.04 bits per heavy atom. The number of aromatic nitrogens is 1. The number of ether oxygens (including phenoxy) is 2. The van der Waals surface area contributed by atoms with Gasteiger partial charge >= 0.3 is 0 Å². The lowest BCUT2D eigenvalue weighted by molar-refractivity contribution is -0.118. The number of anilines is 1. The normalized spacial score (nSPS) is 10.3.